The number of rotatable bonds is 4. The van der Waals surface area contributed by atoms with E-state index in [1.165, 1.54) is 19.1 Å². The Bertz CT molecular complexity index is 520. The van der Waals surface area contributed by atoms with Gasteiger partial charge < -0.3 is 0 Å². The van der Waals surface area contributed by atoms with Crippen LogP contribution in [0, 0.1) is 0 Å². The van der Waals surface area contributed by atoms with Gasteiger partial charge in [-0.15, -0.1) is 0 Å². The molecule has 0 N–H and O–H groups in total. The molecular weight excluding hydrogens is 238 g/mol. The molecule has 0 aliphatic carbocycles. The number of sulfonamides is 1. The number of benzene rings is 1. The monoisotopic (exact) mass is 253 g/mol. The Balaban J connectivity index is 3.21. The highest BCUT2D eigenvalue weighted by Gasteiger charge is 2.27. The summed E-state index contributed by atoms with van der Waals surface area (Å²) >= 11 is 0. The second-order valence-electron chi connectivity index (χ2n) is 3.57. The fourth-order valence-corrected chi connectivity index (χ4v) is 2.82. The number of likely N-dealkylation sites (N-methyl/N-ethyl adjacent to an activating group) is 1. The number of carbonyl (C=O) groups is 1. The molecule has 92 valence electrons. The minimum Gasteiger partial charge on any atom is -0.268 e. The Morgan fingerprint density at radius 1 is 1.29 bits per heavy atom. The Labute approximate surface area is 102 Å². The zero-order valence-electron chi connectivity index (χ0n) is 9.88. The van der Waals surface area contributed by atoms with Gasteiger partial charge in [0.15, 0.2) is 0 Å². The van der Waals surface area contributed by atoms with E-state index in [1.807, 2.05) is 0 Å². The fourth-order valence-electron chi connectivity index (χ4n) is 1.36. The van der Waals surface area contributed by atoms with E-state index in [9.17, 15) is 13.2 Å². The standard InChI is InChI=1S/C12H15NO3S/c1-4-13(12(14)10(2)3)17(15,16)11-8-6-5-7-9-11/h5-9H,2,4H2,1,3H3. The molecule has 1 aromatic carbocycles. The molecule has 17 heavy (non-hydrogen) atoms. The average Bonchev–Trinajstić information content (AvgIpc) is 2.30. The third-order valence-corrected chi connectivity index (χ3v) is 4.08. The largest absolute Gasteiger partial charge is 0.268 e. The van der Waals surface area contributed by atoms with Gasteiger partial charge in [0.25, 0.3) is 15.9 Å². The Kier molecular flexibility index (Phi) is 4.07. The molecule has 0 bridgehead atoms. The second-order valence-corrected chi connectivity index (χ2v) is 5.43. The lowest BCUT2D eigenvalue weighted by Gasteiger charge is -2.20. The predicted molar refractivity (Wildman–Crippen MR) is 65.8 cm³/mol. The Hall–Kier alpha value is -1.62. The van der Waals surface area contributed by atoms with Gasteiger partial charge in [-0.3, -0.25) is 4.79 Å². The number of hydrogen-bond acceptors (Lipinski definition) is 3. The van der Waals surface area contributed by atoms with Gasteiger partial charge in [-0.2, -0.15) is 0 Å². The average molecular weight is 253 g/mol. The summed E-state index contributed by atoms with van der Waals surface area (Å²) in [4.78, 5) is 11.8. The molecule has 1 amide bonds. The highest BCUT2D eigenvalue weighted by molar-refractivity contribution is 7.89. The van der Waals surface area contributed by atoms with E-state index in [2.05, 4.69) is 6.58 Å². The summed E-state index contributed by atoms with van der Waals surface area (Å²) in [7, 11) is -3.77. The molecular formula is C12H15NO3S. The molecule has 0 unspecified atom stereocenters. The number of carbonyl (C=O) groups excluding carboxylic acids is 1. The zero-order chi connectivity index (χ0) is 13.1. The van der Waals surface area contributed by atoms with Crippen molar-refractivity contribution in [3.8, 4) is 0 Å². The first-order valence-electron chi connectivity index (χ1n) is 5.19. The Morgan fingerprint density at radius 2 is 1.82 bits per heavy atom. The quantitative estimate of drug-likeness (QED) is 0.769. The van der Waals surface area contributed by atoms with Crippen LogP contribution in [0.2, 0.25) is 0 Å². The summed E-state index contributed by atoms with van der Waals surface area (Å²) < 4.78 is 25.2. The first kappa shape index (κ1) is 13.4. The van der Waals surface area contributed by atoms with Crippen molar-refractivity contribution in [1.82, 2.24) is 4.31 Å². The van der Waals surface area contributed by atoms with E-state index in [0.717, 1.165) is 4.31 Å². The highest BCUT2D eigenvalue weighted by Crippen LogP contribution is 2.16. The van der Waals surface area contributed by atoms with Crippen LogP contribution in [0.25, 0.3) is 0 Å². The molecule has 0 aliphatic heterocycles. The maximum atomic E-state index is 12.2. The van der Waals surface area contributed by atoms with Crippen LogP contribution in [0.1, 0.15) is 13.8 Å². The van der Waals surface area contributed by atoms with Gasteiger partial charge in [-0.25, -0.2) is 12.7 Å². The molecule has 0 aromatic heterocycles. The van der Waals surface area contributed by atoms with Crippen LogP contribution in [0.3, 0.4) is 0 Å². The molecule has 0 spiro atoms. The fraction of sp³-hybridized carbons (Fsp3) is 0.250. The summed E-state index contributed by atoms with van der Waals surface area (Å²) in [6.07, 6.45) is 0. The van der Waals surface area contributed by atoms with Crippen molar-refractivity contribution in [3.05, 3.63) is 42.5 Å². The van der Waals surface area contributed by atoms with Crippen LogP contribution in [0.4, 0.5) is 0 Å². The maximum Gasteiger partial charge on any atom is 0.266 e. The van der Waals surface area contributed by atoms with Crippen molar-refractivity contribution in [2.75, 3.05) is 6.54 Å². The van der Waals surface area contributed by atoms with Crippen molar-refractivity contribution in [2.24, 2.45) is 0 Å². The SMILES string of the molecule is C=C(C)C(=O)N(CC)S(=O)(=O)c1ccccc1. The molecule has 0 saturated heterocycles. The van der Waals surface area contributed by atoms with Gasteiger partial charge in [0.1, 0.15) is 0 Å². The summed E-state index contributed by atoms with van der Waals surface area (Å²) in [5.74, 6) is -0.573. The smallest absolute Gasteiger partial charge is 0.266 e. The molecule has 1 aromatic rings. The van der Waals surface area contributed by atoms with Crippen LogP contribution < -0.4 is 0 Å². The third kappa shape index (κ3) is 2.74. The number of nitrogens with zero attached hydrogens (tertiary/aromatic N) is 1. The lowest BCUT2D eigenvalue weighted by molar-refractivity contribution is -0.122. The van der Waals surface area contributed by atoms with Crippen LogP contribution in [-0.4, -0.2) is 25.2 Å². The molecule has 0 fully saturated rings. The van der Waals surface area contributed by atoms with Crippen molar-refractivity contribution >= 4 is 15.9 Å². The second kappa shape index (κ2) is 5.14. The van der Waals surface area contributed by atoms with Gasteiger partial charge in [-0.1, -0.05) is 24.8 Å². The lowest BCUT2D eigenvalue weighted by atomic mass is 10.3. The molecule has 0 atom stereocenters. The normalized spacial score (nSPS) is 10.9. The zero-order valence-corrected chi connectivity index (χ0v) is 10.7. The molecule has 5 heteroatoms. The summed E-state index contributed by atoms with van der Waals surface area (Å²) in [6, 6.07) is 7.88. The van der Waals surface area contributed by atoms with Crippen molar-refractivity contribution in [3.63, 3.8) is 0 Å². The minimum atomic E-state index is -3.77. The van der Waals surface area contributed by atoms with E-state index >= 15 is 0 Å². The van der Waals surface area contributed by atoms with E-state index in [-0.39, 0.29) is 17.0 Å². The molecule has 4 nitrogen and oxygen atoms in total. The molecule has 0 radical (unpaired) electrons. The lowest BCUT2D eigenvalue weighted by Crippen LogP contribution is -2.37. The topological polar surface area (TPSA) is 54.5 Å². The van der Waals surface area contributed by atoms with Crippen molar-refractivity contribution in [1.29, 1.82) is 0 Å². The van der Waals surface area contributed by atoms with Crippen molar-refractivity contribution < 1.29 is 13.2 Å². The van der Waals surface area contributed by atoms with Gasteiger partial charge in [-0.05, 0) is 26.0 Å². The highest BCUT2D eigenvalue weighted by atomic mass is 32.2. The molecule has 1 rings (SSSR count). The first-order valence-corrected chi connectivity index (χ1v) is 6.63. The first-order chi connectivity index (χ1) is 7.91. The van der Waals surface area contributed by atoms with Crippen LogP contribution >= 0.6 is 0 Å². The van der Waals surface area contributed by atoms with Gasteiger partial charge in [0.2, 0.25) is 0 Å². The Morgan fingerprint density at radius 3 is 2.24 bits per heavy atom. The van der Waals surface area contributed by atoms with Gasteiger partial charge >= 0.3 is 0 Å². The molecule has 0 heterocycles. The molecule has 0 saturated carbocycles. The van der Waals surface area contributed by atoms with Crippen LogP contribution in [-0.2, 0) is 14.8 Å². The van der Waals surface area contributed by atoms with Crippen LogP contribution in [0.15, 0.2) is 47.4 Å². The summed E-state index contributed by atoms with van der Waals surface area (Å²) in [5, 5.41) is 0. The van der Waals surface area contributed by atoms with Gasteiger partial charge in [0.05, 0.1) is 4.90 Å². The number of hydrogen-bond donors (Lipinski definition) is 0. The van der Waals surface area contributed by atoms with E-state index in [0.29, 0.717) is 0 Å². The van der Waals surface area contributed by atoms with Crippen molar-refractivity contribution in [2.45, 2.75) is 18.7 Å². The summed E-state index contributed by atoms with van der Waals surface area (Å²) in [5.41, 5.74) is 0.200. The van der Waals surface area contributed by atoms with Crippen LogP contribution in [0.5, 0.6) is 0 Å². The summed E-state index contributed by atoms with van der Waals surface area (Å²) in [6.45, 7) is 6.67. The van der Waals surface area contributed by atoms with E-state index in [4.69, 9.17) is 0 Å². The van der Waals surface area contributed by atoms with E-state index < -0.39 is 15.9 Å². The minimum absolute atomic E-state index is 0.0862. The predicted octanol–water partition coefficient (Wildman–Crippen LogP) is 1.80. The maximum absolute atomic E-state index is 12.2. The number of amides is 1. The molecule has 0 aliphatic rings. The van der Waals surface area contributed by atoms with E-state index in [1.54, 1.807) is 25.1 Å². The van der Waals surface area contributed by atoms with Gasteiger partial charge in [0, 0.05) is 12.1 Å². The third-order valence-electron chi connectivity index (χ3n) is 2.21.